The average Bonchev–Trinajstić information content (AvgIpc) is 2.88. The molecule has 0 bridgehead atoms. The van der Waals surface area contributed by atoms with E-state index in [-0.39, 0.29) is 6.04 Å². The Morgan fingerprint density at radius 3 is 2.63 bits per heavy atom. The van der Waals surface area contributed by atoms with Crippen LogP contribution in [-0.4, -0.2) is 18.5 Å². The van der Waals surface area contributed by atoms with E-state index >= 15 is 0 Å². The topological polar surface area (TPSA) is 42.4 Å². The van der Waals surface area contributed by atoms with Crippen LogP contribution in [0.4, 0.5) is 0 Å². The van der Waals surface area contributed by atoms with Gasteiger partial charge in [-0.3, -0.25) is 4.90 Å². The molecule has 0 radical (unpaired) electrons. The Hall–Kier alpha value is -0.140. The molecule has 104 valence electrons. The molecule has 0 aliphatic heterocycles. The number of likely N-dealkylation sites (N-methyl/N-ethyl adjacent to an activating group) is 1. The first-order valence-corrected chi connectivity index (χ1v) is 8.32. The monoisotopic (exact) mass is 406 g/mol. The van der Waals surface area contributed by atoms with Crippen LogP contribution in [-0.2, 0) is 6.54 Å². The Balaban J connectivity index is 2.12. The molecule has 3 nitrogen and oxygen atoms in total. The van der Waals surface area contributed by atoms with Crippen LogP contribution in [0.5, 0.6) is 0 Å². The Kier molecular flexibility index (Phi) is 5.25. The zero-order valence-electron chi connectivity index (χ0n) is 10.8. The third-order valence-electron chi connectivity index (χ3n) is 2.95. The smallest absolute Gasteiger partial charge is 0.118 e. The molecule has 0 fully saturated rings. The first kappa shape index (κ1) is 15.3. The molecule has 2 rings (SSSR count). The van der Waals surface area contributed by atoms with Crippen LogP contribution in [0.3, 0.4) is 0 Å². The molecule has 2 aromatic rings. The van der Waals surface area contributed by atoms with Crippen molar-refractivity contribution in [3.8, 4) is 0 Å². The predicted molar refractivity (Wildman–Crippen MR) is 86.4 cm³/mol. The van der Waals surface area contributed by atoms with Gasteiger partial charge in [0.15, 0.2) is 0 Å². The van der Waals surface area contributed by atoms with Gasteiger partial charge in [0, 0.05) is 15.9 Å². The van der Waals surface area contributed by atoms with Gasteiger partial charge in [0.05, 0.1) is 16.4 Å². The third kappa shape index (κ3) is 3.70. The molecule has 2 aromatic heterocycles. The second-order valence-electron chi connectivity index (χ2n) is 4.45. The summed E-state index contributed by atoms with van der Waals surface area (Å²) in [5.74, 6) is 1.91. The maximum absolute atomic E-state index is 5.93. The quantitative estimate of drug-likeness (QED) is 0.802. The lowest BCUT2D eigenvalue weighted by atomic mass is 10.2. The number of nitrogens with two attached hydrogens (primary N) is 1. The second-order valence-corrected chi connectivity index (χ2v) is 7.71. The van der Waals surface area contributed by atoms with E-state index in [0.29, 0.717) is 6.54 Å². The minimum absolute atomic E-state index is 0.193. The first-order chi connectivity index (χ1) is 9.01. The summed E-state index contributed by atoms with van der Waals surface area (Å²) in [5.41, 5.74) is 5.93. The number of hydrogen-bond donors (Lipinski definition) is 1. The molecule has 0 spiro atoms. The van der Waals surface area contributed by atoms with E-state index in [1.54, 1.807) is 11.3 Å². The summed E-state index contributed by atoms with van der Waals surface area (Å²) in [4.78, 5) is 3.45. The van der Waals surface area contributed by atoms with Gasteiger partial charge in [-0.15, -0.1) is 11.3 Å². The molecule has 0 aliphatic rings. The van der Waals surface area contributed by atoms with Gasteiger partial charge in [-0.05, 0) is 64.0 Å². The zero-order chi connectivity index (χ0) is 14.0. The summed E-state index contributed by atoms with van der Waals surface area (Å²) in [6, 6.07) is 6.31. The molecular formula is C13H16Br2N2OS. The molecule has 2 heterocycles. The maximum Gasteiger partial charge on any atom is 0.118 e. The van der Waals surface area contributed by atoms with Crippen molar-refractivity contribution in [3.05, 3.63) is 42.9 Å². The van der Waals surface area contributed by atoms with Crippen LogP contribution in [0.2, 0.25) is 0 Å². The normalized spacial score (nSPS) is 13.2. The molecule has 2 N–H and O–H groups in total. The number of halogens is 2. The Bertz CT molecular complexity index is 533. The van der Waals surface area contributed by atoms with E-state index in [1.807, 2.05) is 19.1 Å². The second kappa shape index (κ2) is 6.54. The summed E-state index contributed by atoms with van der Waals surface area (Å²) >= 11 is 8.75. The fourth-order valence-electron chi connectivity index (χ4n) is 1.97. The fourth-order valence-corrected chi connectivity index (χ4v) is 4.24. The molecule has 0 aliphatic carbocycles. The standard InChI is InChI=1S/C13H16Br2N2OS/c1-8-3-4-9(18-8)7-17(2)11(6-16)12-5-10(14)13(15)19-12/h3-5,11H,6-7,16H2,1-2H3. The van der Waals surface area contributed by atoms with Crippen LogP contribution < -0.4 is 5.73 Å². The molecule has 19 heavy (non-hydrogen) atoms. The number of furan rings is 1. The van der Waals surface area contributed by atoms with Gasteiger partial charge >= 0.3 is 0 Å². The Morgan fingerprint density at radius 1 is 1.42 bits per heavy atom. The van der Waals surface area contributed by atoms with Crippen LogP contribution in [0.1, 0.15) is 22.4 Å². The molecular weight excluding hydrogens is 392 g/mol. The van der Waals surface area contributed by atoms with Gasteiger partial charge in [-0.1, -0.05) is 0 Å². The number of rotatable bonds is 5. The molecule has 6 heteroatoms. The highest BCUT2D eigenvalue weighted by atomic mass is 79.9. The van der Waals surface area contributed by atoms with Crippen molar-refractivity contribution in [1.29, 1.82) is 0 Å². The van der Waals surface area contributed by atoms with Crippen molar-refractivity contribution in [2.24, 2.45) is 5.73 Å². The van der Waals surface area contributed by atoms with Crippen molar-refractivity contribution in [3.63, 3.8) is 0 Å². The largest absolute Gasteiger partial charge is 0.465 e. The zero-order valence-corrected chi connectivity index (χ0v) is 14.8. The van der Waals surface area contributed by atoms with E-state index in [4.69, 9.17) is 10.2 Å². The summed E-state index contributed by atoms with van der Waals surface area (Å²) in [5, 5.41) is 0. The van der Waals surface area contributed by atoms with Crippen LogP contribution >= 0.6 is 43.2 Å². The molecule has 1 unspecified atom stereocenters. The Labute approximate surface area is 134 Å². The summed E-state index contributed by atoms with van der Waals surface area (Å²) in [6.45, 7) is 3.29. The summed E-state index contributed by atoms with van der Waals surface area (Å²) in [6.07, 6.45) is 0. The van der Waals surface area contributed by atoms with E-state index < -0.39 is 0 Å². The van der Waals surface area contributed by atoms with E-state index in [0.717, 1.165) is 26.3 Å². The minimum Gasteiger partial charge on any atom is -0.465 e. The van der Waals surface area contributed by atoms with Gasteiger partial charge in [-0.2, -0.15) is 0 Å². The summed E-state index contributed by atoms with van der Waals surface area (Å²) < 4.78 is 7.79. The van der Waals surface area contributed by atoms with Crippen molar-refractivity contribution in [1.82, 2.24) is 4.90 Å². The van der Waals surface area contributed by atoms with Gasteiger partial charge in [-0.25, -0.2) is 0 Å². The lowest BCUT2D eigenvalue weighted by Gasteiger charge is -2.25. The highest BCUT2D eigenvalue weighted by Gasteiger charge is 2.20. The van der Waals surface area contributed by atoms with E-state index in [1.165, 1.54) is 4.88 Å². The van der Waals surface area contributed by atoms with Crippen molar-refractivity contribution >= 4 is 43.2 Å². The van der Waals surface area contributed by atoms with Crippen molar-refractivity contribution in [2.45, 2.75) is 19.5 Å². The highest BCUT2D eigenvalue weighted by Crippen LogP contribution is 2.37. The van der Waals surface area contributed by atoms with E-state index in [2.05, 4.69) is 49.9 Å². The van der Waals surface area contributed by atoms with Crippen molar-refractivity contribution < 1.29 is 4.42 Å². The maximum atomic E-state index is 5.93. The highest BCUT2D eigenvalue weighted by molar-refractivity contribution is 9.13. The lowest BCUT2D eigenvalue weighted by Crippen LogP contribution is -2.29. The molecule has 1 atom stereocenters. The molecule has 0 amide bonds. The molecule has 0 aromatic carbocycles. The van der Waals surface area contributed by atoms with Gasteiger partial charge in [0.1, 0.15) is 11.5 Å². The number of nitrogens with zero attached hydrogens (tertiary/aromatic N) is 1. The van der Waals surface area contributed by atoms with Crippen LogP contribution in [0.25, 0.3) is 0 Å². The fraction of sp³-hybridized carbons (Fsp3) is 0.385. The summed E-state index contributed by atoms with van der Waals surface area (Å²) in [7, 11) is 2.07. The Morgan fingerprint density at radius 2 is 2.16 bits per heavy atom. The molecule has 0 saturated heterocycles. The van der Waals surface area contributed by atoms with E-state index in [9.17, 15) is 0 Å². The number of thiophene rings is 1. The number of hydrogen-bond acceptors (Lipinski definition) is 4. The van der Waals surface area contributed by atoms with Gasteiger partial charge in [0.2, 0.25) is 0 Å². The SMILES string of the molecule is Cc1ccc(CN(C)C(CN)c2cc(Br)c(Br)s2)o1. The van der Waals surface area contributed by atoms with Crippen LogP contribution in [0, 0.1) is 6.92 Å². The average molecular weight is 408 g/mol. The molecule has 0 saturated carbocycles. The van der Waals surface area contributed by atoms with Crippen LogP contribution in [0.15, 0.2) is 30.9 Å². The van der Waals surface area contributed by atoms with Gasteiger partial charge < -0.3 is 10.2 Å². The predicted octanol–water partition coefficient (Wildman–Crippen LogP) is 4.31. The first-order valence-electron chi connectivity index (χ1n) is 5.91. The van der Waals surface area contributed by atoms with Crippen molar-refractivity contribution in [2.75, 3.05) is 13.6 Å². The number of aryl methyl sites for hydroxylation is 1. The minimum atomic E-state index is 0.193. The van der Waals surface area contributed by atoms with Gasteiger partial charge in [0.25, 0.3) is 0 Å². The third-order valence-corrected chi connectivity index (χ3v) is 6.31. The lowest BCUT2D eigenvalue weighted by molar-refractivity contribution is 0.224.